The van der Waals surface area contributed by atoms with E-state index in [0.29, 0.717) is 45.5 Å². The Balaban J connectivity index is 1.56. The molecule has 1 N–H and O–H groups in total. The Morgan fingerprint density at radius 2 is 1.91 bits per heavy atom. The van der Waals surface area contributed by atoms with Gasteiger partial charge < -0.3 is 14.8 Å². The fourth-order valence-corrected chi connectivity index (χ4v) is 4.70. The second kappa shape index (κ2) is 10.9. The highest BCUT2D eigenvalue weighted by Gasteiger charge is 2.24. The van der Waals surface area contributed by atoms with Crippen molar-refractivity contribution in [3.8, 4) is 11.5 Å². The summed E-state index contributed by atoms with van der Waals surface area (Å²) < 4.78 is 12.6. The molecule has 4 rings (SSSR count). The molecule has 1 aliphatic rings. The zero-order valence-corrected chi connectivity index (χ0v) is 20.8. The number of nitrogens with one attached hydrogen (secondary N) is 1. The summed E-state index contributed by atoms with van der Waals surface area (Å²) >= 11 is 10.9. The van der Waals surface area contributed by atoms with Gasteiger partial charge in [-0.15, -0.1) is 0 Å². The fourth-order valence-electron chi connectivity index (χ4n) is 3.10. The second-order valence-electron chi connectivity index (χ2n) is 7.00. The lowest BCUT2D eigenvalue weighted by Crippen LogP contribution is -2.19. The molecule has 0 spiro atoms. The molecule has 1 fully saturated rings. The first kappa shape index (κ1) is 23.4. The Labute approximate surface area is 210 Å². The molecule has 33 heavy (non-hydrogen) atoms. The van der Waals surface area contributed by atoms with Crippen molar-refractivity contribution in [2.75, 3.05) is 6.61 Å². The standard InChI is InChI=1S/C25H20BrClN2O3S/c1-2-31-21-12-17(11-20(26)23(21)32-15-16-7-4-3-5-8-16)13-22-24(30)29-25(33-22)28-19-10-6-9-18(27)14-19/h3-14H,2,15H2,1H3,(H,28,29,30)/b22-13+. The Bertz CT molecular complexity index is 1230. The van der Waals surface area contributed by atoms with Gasteiger partial charge in [0.15, 0.2) is 16.7 Å². The molecular weight excluding hydrogens is 524 g/mol. The van der Waals surface area contributed by atoms with E-state index in [2.05, 4.69) is 26.2 Å². The molecule has 1 saturated heterocycles. The van der Waals surface area contributed by atoms with Gasteiger partial charge in [0, 0.05) is 5.02 Å². The van der Waals surface area contributed by atoms with E-state index in [1.54, 1.807) is 18.2 Å². The molecule has 1 heterocycles. The van der Waals surface area contributed by atoms with E-state index in [4.69, 9.17) is 21.1 Å². The monoisotopic (exact) mass is 542 g/mol. The molecule has 8 heteroatoms. The van der Waals surface area contributed by atoms with Crippen LogP contribution in [0, 0.1) is 0 Å². The molecule has 168 valence electrons. The van der Waals surface area contributed by atoms with Crippen LogP contribution in [0.25, 0.3) is 6.08 Å². The highest BCUT2D eigenvalue weighted by atomic mass is 79.9. The van der Waals surface area contributed by atoms with Gasteiger partial charge >= 0.3 is 0 Å². The van der Waals surface area contributed by atoms with Crippen molar-refractivity contribution in [1.29, 1.82) is 0 Å². The minimum atomic E-state index is -0.209. The van der Waals surface area contributed by atoms with E-state index < -0.39 is 0 Å². The second-order valence-corrected chi connectivity index (χ2v) is 9.32. The third-order valence-electron chi connectivity index (χ3n) is 4.55. The van der Waals surface area contributed by atoms with Crippen molar-refractivity contribution < 1.29 is 14.3 Å². The Hall–Kier alpha value is -2.74. The lowest BCUT2D eigenvalue weighted by atomic mass is 10.1. The summed E-state index contributed by atoms with van der Waals surface area (Å²) in [5.74, 6) is 1.01. The number of aliphatic imine (C=N–C) groups is 1. The van der Waals surface area contributed by atoms with Gasteiger partial charge in [0.1, 0.15) is 6.61 Å². The highest BCUT2D eigenvalue weighted by molar-refractivity contribution is 9.10. The summed E-state index contributed by atoms with van der Waals surface area (Å²) in [4.78, 5) is 17.5. The molecule has 3 aromatic carbocycles. The van der Waals surface area contributed by atoms with Crippen molar-refractivity contribution in [1.82, 2.24) is 5.32 Å². The van der Waals surface area contributed by atoms with Gasteiger partial charge in [-0.1, -0.05) is 48.0 Å². The number of amidine groups is 1. The zero-order chi connectivity index (χ0) is 23.2. The number of ether oxygens (including phenoxy) is 2. The maximum Gasteiger partial charge on any atom is 0.264 e. The van der Waals surface area contributed by atoms with E-state index >= 15 is 0 Å². The summed E-state index contributed by atoms with van der Waals surface area (Å²) in [5, 5.41) is 3.88. The number of halogens is 2. The number of rotatable bonds is 7. The molecule has 0 bridgehead atoms. The molecule has 5 nitrogen and oxygen atoms in total. The molecule has 0 saturated carbocycles. The van der Waals surface area contributed by atoms with E-state index in [-0.39, 0.29) is 5.91 Å². The third kappa shape index (κ3) is 6.19. The number of carbonyl (C=O) groups excluding carboxylic acids is 1. The maximum atomic E-state index is 12.5. The van der Waals surface area contributed by atoms with Gasteiger partial charge in [-0.3, -0.25) is 4.79 Å². The molecule has 0 aliphatic carbocycles. The Kier molecular flexibility index (Phi) is 7.75. The number of benzene rings is 3. The zero-order valence-electron chi connectivity index (χ0n) is 17.7. The van der Waals surface area contributed by atoms with Crippen LogP contribution in [-0.4, -0.2) is 17.7 Å². The predicted octanol–water partition coefficient (Wildman–Crippen LogP) is 6.97. The molecule has 1 amide bonds. The largest absolute Gasteiger partial charge is 0.490 e. The maximum absolute atomic E-state index is 12.5. The summed E-state index contributed by atoms with van der Waals surface area (Å²) in [6, 6.07) is 20.8. The lowest BCUT2D eigenvalue weighted by molar-refractivity contribution is -0.115. The smallest absolute Gasteiger partial charge is 0.264 e. The van der Waals surface area contributed by atoms with E-state index in [0.717, 1.165) is 15.6 Å². The van der Waals surface area contributed by atoms with Crippen LogP contribution in [0.15, 0.2) is 81.1 Å². The number of nitrogens with zero attached hydrogens (tertiary/aromatic N) is 1. The van der Waals surface area contributed by atoms with Gasteiger partial charge in [-0.05, 0) is 82.2 Å². The van der Waals surface area contributed by atoms with Crippen LogP contribution in [0.4, 0.5) is 5.69 Å². The van der Waals surface area contributed by atoms with Crippen molar-refractivity contribution in [2.24, 2.45) is 4.99 Å². The van der Waals surface area contributed by atoms with Crippen LogP contribution in [0.5, 0.6) is 11.5 Å². The van der Waals surface area contributed by atoms with Crippen LogP contribution in [-0.2, 0) is 11.4 Å². The average molecular weight is 544 g/mol. The van der Waals surface area contributed by atoms with Gasteiger partial charge in [0.2, 0.25) is 0 Å². The molecule has 3 aromatic rings. The summed E-state index contributed by atoms with van der Waals surface area (Å²) in [6.07, 6.45) is 1.80. The number of hydrogen-bond donors (Lipinski definition) is 1. The van der Waals surface area contributed by atoms with Crippen LogP contribution in [0.1, 0.15) is 18.1 Å². The van der Waals surface area contributed by atoms with Gasteiger partial charge in [0.05, 0.1) is 21.7 Å². The van der Waals surface area contributed by atoms with Crippen molar-refractivity contribution in [2.45, 2.75) is 13.5 Å². The predicted molar refractivity (Wildman–Crippen MR) is 138 cm³/mol. The summed E-state index contributed by atoms with van der Waals surface area (Å²) in [6.45, 7) is 2.82. The highest BCUT2D eigenvalue weighted by Crippen LogP contribution is 2.39. The summed E-state index contributed by atoms with van der Waals surface area (Å²) in [7, 11) is 0. The van der Waals surface area contributed by atoms with Crippen LogP contribution >= 0.6 is 39.3 Å². The van der Waals surface area contributed by atoms with Crippen molar-refractivity contribution >= 4 is 62.1 Å². The van der Waals surface area contributed by atoms with E-state index in [1.807, 2.05) is 61.5 Å². The average Bonchev–Trinajstić information content (AvgIpc) is 3.12. The SMILES string of the molecule is CCOc1cc(/C=C2/SC(=Nc3cccc(Cl)c3)NC2=O)cc(Br)c1OCc1ccccc1. The molecule has 0 atom stereocenters. The van der Waals surface area contributed by atoms with Gasteiger partial charge in [-0.25, -0.2) is 4.99 Å². The Morgan fingerprint density at radius 1 is 1.09 bits per heavy atom. The number of thioether (sulfide) groups is 1. The number of hydrogen-bond acceptors (Lipinski definition) is 5. The third-order valence-corrected chi connectivity index (χ3v) is 6.28. The quantitative estimate of drug-likeness (QED) is 0.327. The van der Waals surface area contributed by atoms with Crippen LogP contribution in [0.3, 0.4) is 0 Å². The van der Waals surface area contributed by atoms with Gasteiger partial charge in [-0.2, -0.15) is 0 Å². The minimum Gasteiger partial charge on any atom is -0.490 e. The lowest BCUT2D eigenvalue weighted by Gasteiger charge is -2.15. The molecule has 0 aromatic heterocycles. The summed E-state index contributed by atoms with van der Waals surface area (Å²) in [5.41, 5.74) is 2.54. The first-order valence-corrected chi connectivity index (χ1v) is 12.2. The topological polar surface area (TPSA) is 59.9 Å². The Morgan fingerprint density at radius 3 is 2.67 bits per heavy atom. The first-order valence-electron chi connectivity index (χ1n) is 10.2. The number of amides is 1. The van der Waals surface area contributed by atoms with Crippen molar-refractivity contribution in [3.63, 3.8) is 0 Å². The molecule has 1 aliphatic heterocycles. The number of carbonyl (C=O) groups is 1. The van der Waals surface area contributed by atoms with E-state index in [1.165, 1.54) is 11.8 Å². The van der Waals surface area contributed by atoms with Crippen molar-refractivity contribution in [3.05, 3.63) is 92.3 Å². The molecule has 0 unspecified atom stereocenters. The normalized spacial score (nSPS) is 15.7. The molecular formula is C25H20BrClN2O3S. The van der Waals surface area contributed by atoms with Crippen LogP contribution in [0.2, 0.25) is 5.02 Å². The van der Waals surface area contributed by atoms with Gasteiger partial charge in [0.25, 0.3) is 5.91 Å². The van der Waals surface area contributed by atoms with Crippen LogP contribution < -0.4 is 14.8 Å². The molecule has 0 radical (unpaired) electrons. The van der Waals surface area contributed by atoms with E-state index in [9.17, 15) is 4.79 Å². The fraction of sp³-hybridized carbons (Fsp3) is 0.120. The first-order chi connectivity index (χ1) is 16.0. The minimum absolute atomic E-state index is 0.209.